The van der Waals surface area contributed by atoms with Crippen molar-refractivity contribution in [2.45, 2.75) is 33.3 Å². The average molecular weight is 563 g/mol. The number of anilines is 2. The van der Waals surface area contributed by atoms with Gasteiger partial charge in [0, 0.05) is 49.8 Å². The number of H-pyrrole nitrogens is 1. The van der Waals surface area contributed by atoms with Gasteiger partial charge in [0.05, 0.1) is 16.7 Å². The van der Waals surface area contributed by atoms with E-state index in [4.69, 9.17) is 14.2 Å². The van der Waals surface area contributed by atoms with Crippen LogP contribution in [0.15, 0.2) is 54.7 Å². The van der Waals surface area contributed by atoms with Crippen LogP contribution in [0.4, 0.5) is 11.4 Å². The van der Waals surface area contributed by atoms with Crippen molar-refractivity contribution < 1.29 is 18.8 Å². The molecule has 0 aliphatic carbocycles. The molecule has 1 saturated heterocycles. The van der Waals surface area contributed by atoms with Gasteiger partial charge in [-0.25, -0.2) is 4.98 Å². The highest BCUT2D eigenvalue weighted by molar-refractivity contribution is 7.72. The van der Waals surface area contributed by atoms with Crippen molar-refractivity contribution in [1.29, 1.82) is 0 Å². The van der Waals surface area contributed by atoms with Gasteiger partial charge in [0.2, 0.25) is 0 Å². The van der Waals surface area contributed by atoms with Crippen LogP contribution in [0, 0.1) is 6.92 Å². The molecule has 1 aliphatic rings. The van der Waals surface area contributed by atoms with Gasteiger partial charge in [-0.3, -0.25) is 0 Å². The molecule has 3 heterocycles. The summed E-state index contributed by atoms with van der Waals surface area (Å²) in [6, 6.07) is 16.1. The summed E-state index contributed by atoms with van der Waals surface area (Å²) >= 11 is 0. The van der Waals surface area contributed by atoms with E-state index < -0.39 is 7.14 Å². The highest BCUT2D eigenvalue weighted by Gasteiger charge is 2.29. The zero-order valence-electron chi connectivity index (χ0n) is 24.0. The largest absolute Gasteiger partial charge is 0.489 e. The summed E-state index contributed by atoms with van der Waals surface area (Å²) in [4.78, 5) is 10.4. The van der Waals surface area contributed by atoms with E-state index in [0.29, 0.717) is 18.1 Å². The number of likely N-dealkylation sites (tertiary alicyclic amines) is 1. The molecule has 1 aliphatic heterocycles. The highest BCUT2D eigenvalue weighted by Crippen LogP contribution is 2.49. The number of hydrogen-bond donors (Lipinski definition) is 2. The van der Waals surface area contributed by atoms with Crippen molar-refractivity contribution in [3.05, 3.63) is 60.3 Å². The maximum Gasteiger partial charge on any atom is 0.188 e. The number of benzene rings is 2. The van der Waals surface area contributed by atoms with Crippen molar-refractivity contribution in [3.63, 3.8) is 0 Å². The predicted octanol–water partition coefficient (Wildman–Crippen LogP) is 6.38. The van der Waals surface area contributed by atoms with Crippen LogP contribution in [0.25, 0.3) is 22.3 Å². The van der Waals surface area contributed by atoms with Gasteiger partial charge >= 0.3 is 0 Å². The van der Waals surface area contributed by atoms with Crippen molar-refractivity contribution in [1.82, 2.24) is 14.9 Å². The molecule has 2 N–H and O–H groups in total. The van der Waals surface area contributed by atoms with Crippen molar-refractivity contribution >= 4 is 34.9 Å². The Hall–Kier alpha value is -3.32. The second-order valence-corrected chi connectivity index (χ2v) is 13.9. The molecule has 1 atom stereocenters. The summed E-state index contributed by atoms with van der Waals surface area (Å²) in [5, 5.41) is 5.30. The first-order valence-corrected chi connectivity index (χ1v) is 16.0. The van der Waals surface area contributed by atoms with Gasteiger partial charge < -0.3 is 34.0 Å². The molecule has 0 radical (unpaired) electrons. The zero-order chi connectivity index (χ0) is 28.3. The molecule has 0 amide bonds. The summed E-state index contributed by atoms with van der Waals surface area (Å²) in [5.74, 6) is 1.47. The van der Waals surface area contributed by atoms with E-state index in [1.165, 1.54) is 0 Å². The molecule has 5 rings (SSSR count). The molecular weight excluding hydrogens is 523 g/mol. The molecule has 0 bridgehead atoms. The van der Waals surface area contributed by atoms with Gasteiger partial charge in [-0.1, -0.05) is 19.9 Å². The molecule has 1 fully saturated rings. The first kappa shape index (κ1) is 28.2. The fraction of sp³-hybridized carbons (Fsp3) is 0.387. The minimum absolute atomic E-state index is 0.0884. The fourth-order valence-electron chi connectivity index (χ4n) is 5.35. The Kier molecular flexibility index (Phi) is 8.50. The quantitative estimate of drug-likeness (QED) is 0.162. The van der Waals surface area contributed by atoms with E-state index in [2.05, 4.69) is 45.4 Å². The monoisotopic (exact) mass is 562 g/mol. The number of likely N-dealkylation sites (N-methyl/N-ethyl adjacent to an activating group) is 1. The van der Waals surface area contributed by atoms with E-state index >= 15 is 0 Å². The topological polar surface area (TPSA) is 88.7 Å². The van der Waals surface area contributed by atoms with Crippen molar-refractivity contribution in [2.24, 2.45) is 0 Å². The van der Waals surface area contributed by atoms with E-state index in [9.17, 15) is 4.57 Å². The maximum absolute atomic E-state index is 14.0. The number of pyridine rings is 1. The van der Waals surface area contributed by atoms with Crippen LogP contribution >= 0.6 is 7.14 Å². The Labute approximate surface area is 236 Å². The third-order valence-electron chi connectivity index (χ3n) is 7.68. The lowest BCUT2D eigenvalue weighted by Crippen LogP contribution is -2.21. The lowest BCUT2D eigenvalue weighted by atomic mass is 10.1. The molecule has 212 valence electrons. The van der Waals surface area contributed by atoms with Gasteiger partial charge in [0.1, 0.15) is 30.4 Å². The Morgan fingerprint density at radius 3 is 2.60 bits per heavy atom. The Morgan fingerprint density at radius 2 is 1.93 bits per heavy atom. The van der Waals surface area contributed by atoms with Crippen molar-refractivity contribution in [2.75, 3.05) is 51.7 Å². The lowest BCUT2D eigenvalue weighted by molar-refractivity contribution is 0.0519. The number of methoxy groups -OCH3 is 1. The number of ether oxygens (including phenoxy) is 3. The van der Waals surface area contributed by atoms with E-state index in [-0.39, 0.29) is 12.9 Å². The molecule has 2 aromatic carbocycles. The summed E-state index contributed by atoms with van der Waals surface area (Å²) < 4.78 is 31.3. The molecule has 2 aromatic heterocycles. The summed E-state index contributed by atoms with van der Waals surface area (Å²) in [7, 11) is 1.00. The van der Waals surface area contributed by atoms with Crippen LogP contribution in [0.5, 0.6) is 11.5 Å². The standard InChI is InChI=1S/C31H39N4O4P/c1-6-40(36,7-2)30-26(9-8-10-28(30)38-20-37-5)33-29-21(3)18-32-31-25(29)17-27(34-31)22-11-13-23(14-12-22)39-24-15-16-35(4)19-24/h8-14,17-18,24H,6-7,15-16,19-20H2,1-5H3,(H2,32,33,34). The highest BCUT2D eigenvalue weighted by atomic mass is 31.2. The molecule has 4 aromatic rings. The number of fused-ring (bicyclic) bond motifs is 1. The van der Waals surface area contributed by atoms with Crippen LogP contribution in [0.3, 0.4) is 0 Å². The number of aromatic amines is 1. The first-order chi connectivity index (χ1) is 19.3. The number of nitrogens with one attached hydrogen (secondary N) is 2. The molecule has 40 heavy (non-hydrogen) atoms. The normalized spacial score (nSPS) is 16.0. The molecular formula is C31H39N4O4P. The van der Waals surface area contributed by atoms with E-state index in [0.717, 1.165) is 69.8 Å². The average Bonchev–Trinajstić information content (AvgIpc) is 3.59. The van der Waals surface area contributed by atoms with E-state index in [1.54, 1.807) is 7.11 Å². The second-order valence-electron chi connectivity index (χ2n) is 10.4. The number of rotatable bonds is 11. The minimum Gasteiger partial charge on any atom is -0.489 e. The summed E-state index contributed by atoms with van der Waals surface area (Å²) in [5.41, 5.74) is 5.48. The Morgan fingerprint density at radius 1 is 1.15 bits per heavy atom. The lowest BCUT2D eigenvalue weighted by Gasteiger charge is -2.23. The number of nitrogens with zero attached hydrogens (tertiary/aromatic N) is 2. The smallest absolute Gasteiger partial charge is 0.188 e. The minimum atomic E-state index is -2.70. The van der Waals surface area contributed by atoms with E-state index in [1.807, 2.05) is 57.3 Å². The first-order valence-electron chi connectivity index (χ1n) is 13.9. The Bertz CT molecular complexity index is 1510. The molecule has 1 unspecified atom stereocenters. The molecule has 8 nitrogen and oxygen atoms in total. The van der Waals surface area contributed by atoms with Gasteiger partial charge in [-0.05, 0) is 74.0 Å². The molecule has 9 heteroatoms. The van der Waals surface area contributed by atoms with Crippen molar-refractivity contribution in [3.8, 4) is 22.8 Å². The van der Waals surface area contributed by atoms with Gasteiger partial charge in [0.25, 0.3) is 0 Å². The molecule has 0 saturated carbocycles. The van der Waals surface area contributed by atoms with Crippen LogP contribution in [0.2, 0.25) is 0 Å². The zero-order valence-corrected chi connectivity index (χ0v) is 24.9. The number of hydrogen-bond acceptors (Lipinski definition) is 7. The van der Waals surface area contributed by atoms with Crippen LogP contribution in [-0.4, -0.2) is 67.3 Å². The number of aromatic nitrogens is 2. The van der Waals surface area contributed by atoms with Crippen LogP contribution < -0.4 is 20.1 Å². The summed E-state index contributed by atoms with van der Waals surface area (Å²) in [6.45, 7) is 8.08. The summed E-state index contributed by atoms with van der Waals surface area (Å²) in [6.07, 6.45) is 4.23. The number of aryl methyl sites for hydroxylation is 1. The van der Waals surface area contributed by atoms with Gasteiger partial charge in [-0.2, -0.15) is 0 Å². The third kappa shape index (κ3) is 5.75. The van der Waals surface area contributed by atoms with Crippen LogP contribution in [0.1, 0.15) is 25.8 Å². The molecule has 0 spiro atoms. The maximum atomic E-state index is 14.0. The second kappa shape index (κ2) is 12.0. The van der Waals surface area contributed by atoms with Gasteiger partial charge in [0.15, 0.2) is 6.79 Å². The predicted molar refractivity (Wildman–Crippen MR) is 163 cm³/mol. The SMILES string of the molecule is CCP(=O)(CC)c1c(Nc2c(C)cnc3[nH]c(-c4ccc(OC5CCN(C)C5)cc4)cc23)cccc1OCOC. The Balaban J connectivity index is 1.48. The third-order valence-corrected chi connectivity index (χ3v) is 11.0. The fourth-order valence-corrected chi connectivity index (χ4v) is 7.54. The van der Waals surface area contributed by atoms with Crippen LogP contribution in [-0.2, 0) is 9.30 Å². The van der Waals surface area contributed by atoms with Gasteiger partial charge in [-0.15, -0.1) is 0 Å².